The quantitative estimate of drug-likeness (QED) is 0.872. The summed E-state index contributed by atoms with van der Waals surface area (Å²) in [6.07, 6.45) is 0. The Morgan fingerprint density at radius 3 is 2.65 bits per heavy atom. The number of thiazole rings is 1. The first-order chi connectivity index (χ1) is 10.7. The summed E-state index contributed by atoms with van der Waals surface area (Å²) in [5.74, 6) is -0.446. The molecular formula is C14H16ClN3O3S2. The molecule has 0 aliphatic rings. The van der Waals surface area contributed by atoms with E-state index in [1.165, 1.54) is 43.6 Å². The van der Waals surface area contributed by atoms with E-state index in [0.29, 0.717) is 0 Å². The zero-order chi connectivity index (χ0) is 17.2. The van der Waals surface area contributed by atoms with Crippen LogP contribution in [0.3, 0.4) is 0 Å². The molecule has 0 fully saturated rings. The van der Waals surface area contributed by atoms with Gasteiger partial charge in [0, 0.05) is 25.2 Å². The first-order valence-corrected chi connectivity index (χ1v) is 9.33. The minimum Gasteiger partial charge on any atom is -0.345 e. The Bertz CT molecular complexity index is 832. The summed E-state index contributed by atoms with van der Waals surface area (Å²) in [5.41, 5.74) is 0.999. The summed E-state index contributed by atoms with van der Waals surface area (Å²) in [6.45, 7) is 2.13. The smallest absolute Gasteiger partial charge is 0.253 e. The lowest BCUT2D eigenvalue weighted by molar-refractivity contribution is 0.0951. The van der Waals surface area contributed by atoms with E-state index in [9.17, 15) is 13.2 Å². The van der Waals surface area contributed by atoms with Gasteiger partial charge in [0.15, 0.2) is 0 Å². The van der Waals surface area contributed by atoms with E-state index in [1.54, 1.807) is 0 Å². The van der Waals surface area contributed by atoms with Crippen LogP contribution in [0.1, 0.15) is 21.1 Å². The molecule has 0 bridgehead atoms. The highest BCUT2D eigenvalue weighted by atomic mass is 35.5. The van der Waals surface area contributed by atoms with Gasteiger partial charge in [-0.3, -0.25) is 4.79 Å². The third kappa shape index (κ3) is 4.08. The van der Waals surface area contributed by atoms with Crippen LogP contribution in [-0.2, 0) is 16.6 Å². The van der Waals surface area contributed by atoms with Gasteiger partial charge in [0.1, 0.15) is 5.01 Å². The lowest BCUT2D eigenvalue weighted by atomic mass is 10.2. The van der Waals surface area contributed by atoms with E-state index in [1.807, 2.05) is 12.3 Å². The van der Waals surface area contributed by atoms with E-state index in [-0.39, 0.29) is 22.0 Å². The minimum absolute atomic E-state index is 0.0159. The molecule has 0 spiro atoms. The first-order valence-electron chi connectivity index (χ1n) is 6.63. The van der Waals surface area contributed by atoms with E-state index >= 15 is 0 Å². The number of aromatic nitrogens is 1. The van der Waals surface area contributed by atoms with Gasteiger partial charge in [0.2, 0.25) is 10.0 Å². The highest BCUT2D eigenvalue weighted by Gasteiger charge is 2.20. The van der Waals surface area contributed by atoms with Gasteiger partial charge >= 0.3 is 0 Å². The Kier molecular flexibility index (Phi) is 5.41. The molecule has 23 heavy (non-hydrogen) atoms. The summed E-state index contributed by atoms with van der Waals surface area (Å²) >= 11 is 7.47. The predicted molar refractivity (Wildman–Crippen MR) is 90.3 cm³/mol. The number of sulfonamides is 1. The molecule has 0 radical (unpaired) electrons. The van der Waals surface area contributed by atoms with Crippen molar-refractivity contribution in [2.45, 2.75) is 18.4 Å². The highest BCUT2D eigenvalue weighted by Crippen LogP contribution is 2.22. The fraction of sp³-hybridized carbons (Fsp3) is 0.286. The van der Waals surface area contributed by atoms with E-state index in [0.717, 1.165) is 15.0 Å². The van der Waals surface area contributed by atoms with Crippen LogP contribution < -0.4 is 5.32 Å². The molecule has 1 aromatic carbocycles. The van der Waals surface area contributed by atoms with Crippen molar-refractivity contribution in [1.29, 1.82) is 0 Å². The zero-order valence-electron chi connectivity index (χ0n) is 12.8. The fourth-order valence-electron chi connectivity index (χ4n) is 1.78. The third-order valence-electron chi connectivity index (χ3n) is 3.03. The monoisotopic (exact) mass is 373 g/mol. The van der Waals surface area contributed by atoms with E-state index in [4.69, 9.17) is 11.6 Å². The number of aryl methyl sites for hydroxylation is 1. The predicted octanol–water partition coefficient (Wildman–Crippen LogP) is 2.29. The molecule has 0 unspecified atom stereocenters. The van der Waals surface area contributed by atoms with Gasteiger partial charge in [0.05, 0.1) is 22.0 Å². The summed E-state index contributed by atoms with van der Waals surface area (Å²) in [7, 11) is -0.779. The molecule has 2 rings (SSSR count). The van der Waals surface area contributed by atoms with Crippen molar-refractivity contribution in [2.24, 2.45) is 0 Å². The lowest BCUT2D eigenvalue weighted by Crippen LogP contribution is -2.25. The number of nitrogens with zero attached hydrogens (tertiary/aromatic N) is 2. The van der Waals surface area contributed by atoms with Gasteiger partial charge in [0.25, 0.3) is 5.91 Å². The largest absolute Gasteiger partial charge is 0.345 e. The molecule has 0 saturated carbocycles. The van der Waals surface area contributed by atoms with Gasteiger partial charge in [-0.25, -0.2) is 17.7 Å². The Morgan fingerprint density at radius 2 is 2.09 bits per heavy atom. The molecule has 6 nitrogen and oxygen atoms in total. The standard InChI is InChI=1S/C14H16ClN3O3S2/c1-9-8-22-13(17-9)7-16-14(19)11-6-10(4-5-12(11)15)23(20,21)18(2)3/h4-6,8H,7H2,1-3H3,(H,16,19). The number of amides is 1. The van der Waals surface area contributed by atoms with Crippen molar-refractivity contribution in [3.63, 3.8) is 0 Å². The van der Waals surface area contributed by atoms with E-state index in [2.05, 4.69) is 10.3 Å². The number of nitrogens with one attached hydrogen (secondary N) is 1. The minimum atomic E-state index is -3.63. The molecule has 0 aliphatic carbocycles. The molecule has 1 heterocycles. The molecule has 124 valence electrons. The summed E-state index contributed by atoms with van der Waals surface area (Å²) in [5, 5.41) is 5.54. The van der Waals surface area contributed by atoms with Crippen molar-refractivity contribution in [2.75, 3.05) is 14.1 Å². The Hall–Kier alpha value is -1.48. The molecule has 1 N–H and O–H groups in total. The van der Waals surface area contributed by atoms with Crippen molar-refractivity contribution >= 4 is 38.9 Å². The topological polar surface area (TPSA) is 79.4 Å². The van der Waals surface area contributed by atoms with Crippen molar-refractivity contribution in [3.8, 4) is 0 Å². The summed E-state index contributed by atoms with van der Waals surface area (Å²) < 4.78 is 25.4. The Morgan fingerprint density at radius 1 is 1.39 bits per heavy atom. The molecule has 2 aromatic rings. The third-order valence-corrected chi connectivity index (χ3v) is 6.14. The van der Waals surface area contributed by atoms with Crippen molar-refractivity contribution in [3.05, 3.63) is 44.9 Å². The molecular weight excluding hydrogens is 358 g/mol. The molecule has 0 saturated heterocycles. The number of rotatable bonds is 5. The number of benzene rings is 1. The maximum absolute atomic E-state index is 12.3. The SMILES string of the molecule is Cc1csc(CNC(=O)c2cc(S(=O)(=O)N(C)C)ccc2Cl)n1. The van der Waals surface area contributed by atoms with Crippen LogP contribution in [-0.4, -0.2) is 37.7 Å². The van der Waals surface area contributed by atoms with E-state index < -0.39 is 15.9 Å². The van der Waals surface area contributed by atoms with Gasteiger partial charge in [-0.15, -0.1) is 11.3 Å². The second kappa shape index (κ2) is 6.96. The van der Waals surface area contributed by atoms with Gasteiger partial charge < -0.3 is 5.32 Å². The van der Waals surface area contributed by atoms with Gasteiger partial charge in [-0.2, -0.15) is 0 Å². The fourth-order valence-corrected chi connectivity index (χ4v) is 3.63. The van der Waals surface area contributed by atoms with Crippen molar-refractivity contribution < 1.29 is 13.2 Å². The average molecular weight is 374 g/mol. The first kappa shape index (κ1) is 17.9. The van der Waals surface area contributed by atoms with Crippen LogP contribution in [0.4, 0.5) is 0 Å². The molecule has 9 heteroatoms. The zero-order valence-corrected chi connectivity index (χ0v) is 15.2. The van der Waals surface area contributed by atoms with Crippen LogP contribution in [0, 0.1) is 6.92 Å². The molecule has 0 aliphatic heterocycles. The summed E-state index contributed by atoms with van der Waals surface area (Å²) in [6, 6.07) is 4.05. The van der Waals surface area contributed by atoms with Crippen LogP contribution in [0.2, 0.25) is 5.02 Å². The number of carbonyl (C=O) groups excluding carboxylic acids is 1. The number of hydrogen-bond donors (Lipinski definition) is 1. The van der Waals surface area contributed by atoms with Crippen LogP contribution in [0.25, 0.3) is 0 Å². The maximum Gasteiger partial charge on any atom is 0.253 e. The Labute approximate surface area is 144 Å². The van der Waals surface area contributed by atoms with Gasteiger partial charge in [-0.1, -0.05) is 11.6 Å². The Balaban J connectivity index is 2.23. The number of halogens is 1. The van der Waals surface area contributed by atoms with Crippen molar-refractivity contribution in [1.82, 2.24) is 14.6 Å². The maximum atomic E-state index is 12.3. The second-order valence-corrected chi connectivity index (χ2v) is 8.50. The molecule has 1 amide bonds. The summed E-state index contributed by atoms with van der Waals surface area (Å²) in [4.78, 5) is 16.5. The van der Waals surface area contributed by atoms with Crippen LogP contribution >= 0.6 is 22.9 Å². The molecule has 0 atom stereocenters. The van der Waals surface area contributed by atoms with Gasteiger partial charge in [-0.05, 0) is 25.1 Å². The normalized spacial score (nSPS) is 11.7. The highest BCUT2D eigenvalue weighted by molar-refractivity contribution is 7.89. The molecule has 1 aromatic heterocycles. The van der Waals surface area contributed by atoms with Crippen LogP contribution in [0.15, 0.2) is 28.5 Å². The lowest BCUT2D eigenvalue weighted by Gasteiger charge is -2.13. The van der Waals surface area contributed by atoms with Crippen LogP contribution in [0.5, 0.6) is 0 Å². The second-order valence-electron chi connectivity index (χ2n) is 4.99. The number of hydrogen-bond acceptors (Lipinski definition) is 5. The average Bonchev–Trinajstić information content (AvgIpc) is 2.90. The number of carbonyl (C=O) groups is 1.